The topological polar surface area (TPSA) is 92.3 Å². The molecule has 3 aromatic carbocycles. The molecule has 0 aliphatic rings. The first-order valence-corrected chi connectivity index (χ1v) is 14.2. The second-order valence-electron chi connectivity index (χ2n) is 7.75. The fraction of sp³-hybridized carbons (Fsp3) is 0.115. The first-order chi connectivity index (χ1) is 17.4. The van der Waals surface area contributed by atoms with Crippen LogP contribution in [0, 0.1) is 6.92 Å². The van der Waals surface area contributed by atoms with Gasteiger partial charge in [0.15, 0.2) is 4.34 Å². The maximum atomic E-state index is 13.8. The van der Waals surface area contributed by atoms with E-state index in [1.54, 1.807) is 54.6 Å². The highest BCUT2D eigenvalue weighted by atomic mass is 32.2. The average Bonchev–Trinajstić information content (AvgIpc) is 3.34. The Morgan fingerprint density at radius 1 is 1.03 bits per heavy atom. The van der Waals surface area contributed by atoms with E-state index in [4.69, 9.17) is 0 Å². The highest BCUT2D eigenvalue weighted by molar-refractivity contribution is 8.01. The number of carbonyl (C=O) groups excluding carboxylic acids is 1. The summed E-state index contributed by atoms with van der Waals surface area (Å²) in [5.41, 5.74) is 2.22. The summed E-state index contributed by atoms with van der Waals surface area (Å²) in [5, 5.41) is 11.2. The number of nitrogens with zero attached hydrogens (tertiary/aromatic N) is 3. The third-order valence-corrected chi connectivity index (χ3v) is 8.89. The van der Waals surface area contributed by atoms with Gasteiger partial charge in [-0.15, -0.1) is 16.8 Å². The van der Waals surface area contributed by atoms with Gasteiger partial charge in [0.25, 0.3) is 15.9 Å². The summed E-state index contributed by atoms with van der Waals surface area (Å²) in [7, 11) is -3.99. The Kier molecular flexibility index (Phi) is 8.19. The highest BCUT2D eigenvalue weighted by Crippen LogP contribution is 2.31. The Balaban J connectivity index is 1.72. The smallest absolute Gasteiger partial charge is 0.264 e. The molecule has 0 radical (unpaired) electrons. The molecule has 1 heterocycles. The third kappa shape index (κ3) is 6.01. The van der Waals surface area contributed by atoms with Crippen LogP contribution in [0.15, 0.2) is 101 Å². The number of aryl methyl sites for hydroxylation is 1. The second-order valence-corrected chi connectivity index (χ2v) is 11.9. The lowest BCUT2D eigenvalue weighted by molar-refractivity contribution is 0.102. The zero-order valence-electron chi connectivity index (χ0n) is 19.5. The molecule has 7 nitrogen and oxygen atoms in total. The van der Waals surface area contributed by atoms with Gasteiger partial charge < -0.3 is 0 Å². The van der Waals surface area contributed by atoms with Gasteiger partial charge in [-0.3, -0.25) is 14.4 Å². The van der Waals surface area contributed by atoms with Crippen molar-refractivity contribution < 1.29 is 13.2 Å². The molecule has 0 unspecified atom stereocenters. The monoisotopic (exact) mass is 536 g/mol. The number of sulfonamides is 1. The largest absolute Gasteiger partial charge is 0.296 e. The number of rotatable bonds is 10. The number of amides is 1. The van der Waals surface area contributed by atoms with Gasteiger partial charge in [-0.05, 0) is 36.8 Å². The molecule has 4 rings (SSSR count). The standard InChI is InChI=1S/C26H24N4O3S3/c1-3-17-34-26-29-28-25(35-26)27-24(31)22-11-7-8-12-23(22)30(18-20-9-5-4-6-10-20)36(32,33)21-15-13-19(2)14-16-21/h3-16H,1,17-18H2,2H3,(H,27,28,31). The lowest BCUT2D eigenvalue weighted by Crippen LogP contribution is -2.32. The van der Waals surface area contributed by atoms with Crippen LogP contribution in [-0.4, -0.2) is 30.3 Å². The number of aromatic nitrogens is 2. The number of hydrogen-bond acceptors (Lipinski definition) is 7. The van der Waals surface area contributed by atoms with Crippen LogP contribution in [0.2, 0.25) is 0 Å². The Morgan fingerprint density at radius 3 is 2.44 bits per heavy atom. The van der Waals surface area contributed by atoms with Crippen molar-refractivity contribution in [3.8, 4) is 0 Å². The minimum absolute atomic E-state index is 0.0580. The molecular weight excluding hydrogens is 513 g/mol. The molecule has 0 saturated heterocycles. The molecule has 1 amide bonds. The fourth-order valence-corrected chi connectivity index (χ4v) is 6.36. The van der Waals surface area contributed by atoms with E-state index in [0.717, 1.165) is 11.1 Å². The second kappa shape index (κ2) is 11.5. The normalized spacial score (nSPS) is 11.1. The maximum absolute atomic E-state index is 13.8. The summed E-state index contributed by atoms with van der Waals surface area (Å²) in [5.74, 6) is 0.204. The molecule has 0 saturated carbocycles. The van der Waals surface area contributed by atoms with Gasteiger partial charge in [-0.1, -0.05) is 89.3 Å². The Hall–Kier alpha value is -3.47. The lowest BCUT2D eigenvalue weighted by Gasteiger charge is -2.26. The van der Waals surface area contributed by atoms with Crippen molar-refractivity contribution in [3.63, 3.8) is 0 Å². The molecule has 10 heteroatoms. The van der Waals surface area contributed by atoms with Gasteiger partial charge in [-0.25, -0.2) is 8.42 Å². The van der Waals surface area contributed by atoms with Gasteiger partial charge in [0, 0.05) is 5.75 Å². The van der Waals surface area contributed by atoms with Crippen molar-refractivity contribution in [2.45, 2.75) is 22.7 Å². The van der Waals surface area contributed by atoms with Crippen LogP contribution in [0.3, 0.4) is 0 Å². The van der Waals surface area contributed by atoms with Crippen LogP contribution < -0.4 is 9.62 Å². The minimum Gasteiger partial charge on any atom is -0.296 e. The summed E-state index contributed by atoms with van der Waals surface area (Å²) >= 11 is 2.71. The van der Waals surface area contributed by atoms with Crippen LogP contribution in [0.25, 0.3) is 0 Å². The fourth-order valence-electron chi connectivity index (χ4n) is 3.38. The molecule has 36 heavy (non-hydrogen) atoms. The lowest BCUT2D eigenvalue weighted by atomic mass is 10.1. The van der Waals surface area contributed by atoms with E-state index < -0.39 is 15.9 Å². The first kappa shape index (κ1) is 25.6. The zero-order valence-corrected chi connectivity index (χ0v) is 21.9. The SMILES string of the molecule is C=CCSc1nnc(NC(=O)c2ccccc2N(Cc2ccccc2)S(=O)(=O)c2ccc(C)cc2)s1. The van der Waals surface area contributed by atoms with E-state index in [1.165, 1.54) is 27.4 Å². The molecule has 1 aromatic heterocycles. The van der Waals surface area contributed by atoms with Gasteiger partial charge in [0.1, 0.15) is 0 Å². The highest BCUT2D eigenvalue weighted by Gasteiger charge is 2.29. The Bertz CT molecular complexity index is 1450. The number of benzene rings is 3. The van der Waals surface area contributed by atoms with Crippen LogP contribution in [0.1, 0.15) is 21.5 Å². The Morgan fingerprint density at radius 2 is 1.72 bits per heavy atom. The van der Waals surface area contributed by atoms with E-state index in [0.29, 0.717) is 15.2 Å². The number of para-hydroxylation sites is 1. The molecule has 4 aromatic rings. The van der Waals surface area contributed by atoms with Gasteiger partial charge in [0.2, 0.25) is 5.13 Å². The molecular formula is C26H24N4O3S3. The first-order valence-electron chi connectivity index (χ1n) is 11.0. The van der Waals surface area contributed by atoms with E-state index in [2.05, 4.69) is 22.1 Å². The number of carbonyl (C=O) groups is 1. The molecule has 0 bridgehead atoms. The molecule has 0 atom stereocenters. The molecule has 0 fully saturated rings. The minimum atomic E-state index is -3.99. The third-order valence-electron chi connectivity index (χ3n) is 5.15. The van der Waals surface area contributed by atoms with Gasteiger partial charge >= 0.3 is 0 Å². The summed E-state index contributed by atoms with van der Waals surface area (Å²) in [6, 6.07) is 22.6. The zero-order chi connectivity index (χ0) is 25.5. The molecule has 0 aliphatic heterocycles. The molecule has 0 aliphatic carbocycles. The summed E-state index contributed by atoms with van der Waals surface area (Å²) in [6.45, 7) is 5.64. The van der Waals surface area contributed by atoms with E-state index in [9.17, 15) is 13.2 Å². The van der Waals surface area contributed by atoms with Crippen molar-refractivity contribution in [2.24, 2.45) is 0 Å². The summed E-state index contributed by atoms with van der Waals surface area (Å²) in [4.78, 5) is 13.5. The molecule has 1 N–H and O–H groups in total. The summed E-state index contributed by atoms with van der Waals surface area (Å²) in [6.07, 6.45) is 1.76. The number of anilines is 2. The predicted octanol–water partition coefficient (Wildman–Crippen LogP) is 5.77. The van der Waals surface area contributed by atoms with Crippen molar-refractivity contribution >= 4 is 49.8 Å². The number of thioether (sulfide) groups is 1. The van der Waals surface area contributed by atoms with Crippen molar-refractivity contribution in [3.05, 3.63) is 108 Å². The van der Waals surface area contributed by atoms with Crippen molar-refractivity contribution in [1.29, 1.82) is 0 Å². The molecule has 184 valence electrons. The predicted molar refractivity (Wildman–Crippen MR) is 146 cm³/mol. The van der Waals surface area contributed by atoms with Crippen molar-refractivity contribution in [2.75, 3.05) is 15.4 Å². The molecule has 0 spiro atoms. The van der Waals surface area contributed by atoms with Crippen molar-refractivity contribution in [1.82, 2.24) is 10.2 Å². The Labute approximate surface area is 219 Å². The van der Waals surface area contributed by atoms with Gasteiger partial charge in [-0.2, -0.15) is 0 Å². The van der Waals surface area contributed by atoms with E-state index >= 15 is 0 Å². The van der Waals surface area contributed by atoms with Gasteiger partial charge in [0.05, 0.1) is 22.7 Å². The number of hydrogen-bond donors (Lipinski definition) is 1. The number of nitrogens with one attached hydrogen (secondary N) is 1. The average molecular weight is 537 g/mol. The van der Waals surface area contributed by atoms with E-state index in [-0.39, 0.29) is 22.7 Å². The van der Waals surface area contributed by atoms with Crippen LogP contribution in [0.4, 0.5) is 10.8 Å². The quantitative estimate of drug-likeness (QED) is 0.157. The van der Waals surface area contributed by atoms with E-state index in [1.807, 2.05) is 37.3 Å². The van der Waals surface area contributed by atoms with Crippen LogP contribution in [0.5, 0.6) is 0 Å². The maximum Gasteiger partial charge on any atom is 0.264 e. The van der Waals surface area contributed by atoms with Crippen LogP contribution in [-0.2, 0) is 16.6 Å². The van der Waals surface area contributed by atoms with Crippen LogP contribution >= 0.6 is 23.1 Å². The summed E-state index contributed by atoms with van der Waals surface area (Å²) < 4.78 is 29.7.